The highest BCUT2D eigenvalue weighted by atomic mass is 32.2. The summed E-state index contributed by atoms with van der Waals surface area (Å²) >= 11 is 0. The molecule has 0 spiro atoms. The monoisotopic (exact) mass is 535 g/mol. The Hall–Kier alpha value is -3.23. The van der Waals surface area contributed by atoms with Gasteiger partial charge in [-0.05, 0) is 86.9 Å². The maximum absolute atomic E-state index is 13.6. The van der Waals surface area contributed by atoms with E-state index in [1.807, 2.05) is 44.2 Å². The molecule has 38 heavy (non-hydrogen) atoms. The molecule has 1 amide bonds. The number of rotatable bonds is 7. The molecular weight excluding hydrogens is 498 g/mol. The number of hydrogen-bond donors (Lipinski definition) is 1. The summed E-state index contributed by atoms with van der Waals surface area (Å²) in [7, 11) is -3.84. The molecule has 8 heteroatoms. The summed E-state index contributed by atoms with van der Waals surface area (Å²) in [6, 6.07) is 12.1. The van der Waals surface area contributed by atoms with E-state index in [1.54, 1.807) is 13.0 Å². The zero-order valence-corrected chi connectivity index (χ0v) is 23.9. The first-order valence-corrected chi connectivity index (χ1v) is 14.5. The van der Waals surface area contributed by atoms with E-state index < -0.39 is 10.0 Å². The molecule has 2 heterocycles. The highest BCUT2D eigenvalue weighted by molar-refractivity contribution is 7.89. The van der Waals surface area contributed by atoms with Gasteiger partial charge in [0.05, 0.1) is 0 Å². The number of carbonyl (C=O) groups excluding carboxylic acids is 1. The molecule has 1 fully saturated rings. The lowest BCUT2D eigenvalue weighted by molar-refractivity contribution is -0.120. The Balaban J connectivity index is 1.45. The van der Waals surface area contributed by atoms with E-state index in [2.05, 4.69) is 43.4 Å². The molecule has 0 atom stereocenters. The van der Waals surface area contributed by atoms with Crippen LogP contribution in [0.2, 0.25) is 0 Å². The molecule has 0 saturated carbocycles. The third-order valence-electron chi connectivity index (χ3n) is 7.24. The maximum Gasteiger partial charge on any atom is 0.248 e. The van der Waals surface area contributed by atoms with E-state index in [0.717, 1.165) is 22.4 Å². The molecule has 0 radical (unpaired) electrons. The molecule has 0 bridgehead atoms. The van der Waals surface area contributed by atoms with Crippen LogP contribution in [0.1, 0.15) is 71.9 Å². The third kappa shape index (κ3) is 5.92. The van der Waals surface area contributed by atoms with Crippen LogP contribution in [0.4, 0.5) is 5.69 Å². The van der Waals surface area contributed by atoms with E-state index in [4.69, 9.17) is 4.52 Å². The molecule has 1 aliphatic heterocycles. The van der Waals surface area contributed by atoms with E-state index in [1.165, 1.54) is 15.4 Å². The van der Waals surface area contributed by atoms with Gasteiger partial charge in [-0.1, -0.05) is 54.9 Å². The van der Waals surface area contributed by atoms with Crippen LogP contribution in [0, 0.1) is 33.6 Å². The minimum absolute atomic E-state index is 0.0760. The number of anilines is 1. The Morgan fingerprint density at radius 3 is 2.21 bits per heavy atom. The van der Waals surface area contributed by atoms with Crippen molar-refractivity contribution >= 4 is 33.8 Å². The van der Waals surface area contributed by atoms with Gasteiger partial charge in [-0.15, -0.1) is 0 Å². The normalized spacial score (nSPS) is 15.4. The number of amides is 1. The summed E-state index contributed by atoms with van der Waals surface area (Å²) in [5, 5.41) is 6.94. The number of aromatic nitrogens is 1. The zero-order chi connectivity index (χ0) is 27.6. The summed E-state index contributed by atoms with van der Waals surface area (Å²) in [6.45, 7) is 12.5. The van der Waals surface area contributed by atoms with Crippen LogP contribution < -0.4 is 5.32 Å². The highest BCUT2D eigenvalue weighted by Gasteiger charge is 2.36. The van der Waals surface area contributed by atoms with Crippen molar-refractivity contribution in [3.63, 3.8) is 0 Å². The van der Waals surface area contributed by atoms with Gasteiger partial charge in [-0.3, -0.25) is 4.79 Å². The van der Waals surface area contributed by atoms with Crippen LogP contribution in [0.15, 0.2) is 45.8 Å². The molecule has 2 aromatic carbocycles. The van der Waals surface area contributed by atoms with Crippen LogP contribution in [0.5, 0.6) is 0 Å². The van der Waals surface area contributed by atoms with Gasteiger partial charge in [0.25, 0.3) is 0 Å². The number of sulfonamides is 1. The van der Waals surface area contributed by atoms with Gasteiger partial charge in [-0.2, -0.15) is 4.31 Å². The summed E-state index contributed by atoms with van der Waals surface area (Å²) < 4.78 is 34.1. The van der Waals surface area contributed by atoms with E-state index in [-0.39, 0.29) is 35.6 Å². The van der Waals surface area contributed by atoms with Crippen molar-refractivity contribution in [1.82, 2.24) is 9.46 Å². The molecular formula is C30H37N3O4S. The Labute approximate surface area is 226 Å². The molecule has 1 aromatic heterocycles. The summed E-state index contributed by atoms with van der Waals surface area (Å²) in [5.41, 5.74) is 6.71. The van der Waals surface area contributed by atoms with Gasteiger partial charge < -0.3 is 9.84 Å². The minimum atomic E-state index is -3.84. The quantitative estimate of drug-likeness (QED) is 0.387. The van der Waals surface area contributed by atoms with Gasteiger partial charge in [0.15, 0.2) is 10.7 Å². The summed E-state index contributed by atoms with van der Waals surface area (Å²) in [5.74, 6) is 0.313. The number of benzene rings is 2. The van der Waals surface area contributed by atoms with Crippen molar-refractivity contribution in [2.24, 2.45) is 5.92 Å². The topological polar surface area (TPSA) is 92.5 Å². The van der Waals surface area contributed by atoms with Gasteiger partial charge in [0, 0.05) is 24.7 Å². The Bertz CT molecular complexity index is 1420. The SMILES string of the molecule is Cc1cc(C)c(/C=C/c2onc(C)c2S(=O)(=O)N2CCC(C(=O)Nc3ccc(C(C)C)cc3)CC2)c(C)c1. The lowest BCUT2D eigenvalue weighted by Gasteiger charge is -2.30. The van der Waals surface area contributed by atoms with E-state index in [9.17, 15) is 13.2 Å². The molecule has 202 valence electrons. The van der Waals surface area contributed by atoms with Gasteiger partial charge in [0.1, 0.15) is 5.69 Å². The van der Waals surface area contributed by atoms with Crippen molar-refractivity contribution in [2.45, 2.75) is 65.2 Å². The number of hydrogen-bond acceptors (Lipinski definition) is 5. The molecule has 4 rings (SSSR count). The summed E-state index contributed by atoms with van der Waals surface area (Å²) in [4.78, 5) is 12.9. The molecule has 7 nitrogen and oxygen atoms in total. The van der Waals surface area contributed by atoms with Crippen molar-refractivity contribution in [2.75, 3.05) is 18.4 Å². The van der Waals surface area contributed by atoms with Crippen LogP contribution in [-0.2, 0) is 14.8 Å². The van der Waals surface area contributed by atoms with Crippen LogP contribution in [0.25, 0.3) is 12.2 Å². The first-order valence-electron chi connectivity index (χ1n) is 13.1. The van der Waals surface area contributed by atoms with Crippen molar-refractivity contribution in [3.8, 4) is 0 Å². The lowest BCUT2D eigenvalue weighted by Crippen LogP contribution is -2.41. The maximum atomic E-state index is 13.6. The Morgan fingerprint density at radius 1 is 1.03 bits per heavy atom. The molecule has 3 aromatic rings. The predicted molar refractivity (Wildman–Crippen MR) is 151 cm³/mol. The number of carbonyl (C=O) groups is 1. The minimum Gasteiger partial charge on any atom is -0.355 e. The van der Waals surface area contributed by atoms with Crippen molar-refractivity contribution < 1.29 is 17.7 Å². The number of piperidine rings is 1. The first kappa shape index (κ1) is 27.8. The van der Waals surface area contributed by atoms with Gasteiger partial charge in [-0.25, -0.2) is 8.42 Å². The average Bonchev–Trinajstić information content (AvgIpc) is 3.24. The first-order chi connectivity index (χ1) is 18.0. The molecule has 1 aliphatic rings. The molecule has 0 aliphatic carbocycles. The largest absolute Gasteiger partial charge is 0.355 e. The van der Waals surface area contributed by atoms with Gasteiger partial charge in [0.2, 0.25) is 15.9 Å². The van der Waals surface area contributed by atoms with Crippen molar-refractivity contribution in [1.29, 1.82) is 0 Å². The predicted octanol–water partition coefficient (Wildman–Crippen LogP) is 6.24. The highest BCUT2D eigenvalue weighted by Crippen LogP contribution is 2.30. The van der Waals surface area contributed by atoms with E-state index >= 15 is 0 Å². The second-order valence-corrected chi connectivity index (χ2v) is 12.4. The lowest BCUT2D eigenvalue weighted by atomic mass is 9.97. The third-order valence-corrected chi connectivity index (χ3v) is 9.30. The number of nitrogens with one attached hydrogen (secondary N) is 1. The standard InChI is InChI=1S/C30H37N3O4S/c1-19(2)24-7-9-26(10-8-24)31-30(34)25-13-15-33(16-14-25)38(35,36)29-23(6)32-37-28(29)12-11-27-21(4)17-20(3)18-22(27)5/h7-12,17-19,25H,13-16H2,1-6H3,(H,31,34)/b12-11+. The zero-order valence-electron chi connectivity index (χ0n) is 23.0. The second-order valence-electron chi connectivity index (χ2n) is 10.6. The fourth-order valence-corrected chi connectivity index (χ4v) is 6.81. The second kappa shape index (κ2) is 11.3. The Kier molecular flexibility index (Phi) is 8.23. The molecule has 0 unspecified atom stereocenters. The van der Waals surface area contributed by atoms with Crippen molar-refractivity contribution in [3.05, 3.63) is 75.7 Å². The fourth-order valence-electron chi connectivity index (χ4n) is 5.09. The summed E-state index contributed by atoms with van der Waals surface area (Å²) in [6.07, 6.45) is 4.47. The average molecular weight is 536 g/mol. The number of nitrogens with zero attached hydrogens (tertiary/aromatic N) is 2. The molecule has 1 N–H and O–H groups in total. The van der Waals surface area contributed by atoms with E-state index in [0.29, 0.717) is 24.5 Å². The van der Waals surface area contributed by atoms with Crippen LogP contribution in [-0.4, -0.2) is 36.9 Å². The van der Waals surface area contributed by atoms with Gasteiger partial charge >= 0.3 is 0 Å². The Morgan fingerprint density at radius 2 is 1.63 bits per heavy atom. The smallest absolute Gasteiger partial charge is 0.248 e. The van der Waals surface area contributed by atoms with Crippen LogP contribution >= 0.6 is 0 Å². The fraction of sp³-hybridized carbons (Fsp3) is 0.400. The van der Waals surface area contributed by atoms with Crippen LogP contribution in [0.3, 0.4) is 0 Å². The number of aryl methyl sites for hydroxylation is 4. The molecule has 1 saturated heterocycles.